The fourth-order valence-electron chi connectivity index (χ4n) is 0.976. The van der Waals surface area contributed by atoms with Crippen LogP contribution in [0.2, 0.25) is 0 Å². The minimum Gasteiger partial charge on any atom is -0.480 e. The molecule has 5 nitrogen and oxygen atoms in total. The molecule has 0 bridgehead atoms. The number of halogens is 2. The van der Waals surface area contributed by atoms with Gasteiger partial charge in [-0.3, -0.25) is 0 Å². The van der Waals surface area contributed by atoms with Crippen LogP contribution in [0.15, 0.2) is 25.3 Å². The van der Waals surface area contributed by atoms with E-state index in [1.807, 2.05) is 0 Å². The predicted octanol–water partition coefficient (Wildman–Crippen LogP) is 0.982. The van der Waals surface area contributed by atoms with Crippen LogP contribution in [0.4, 0.5) is 0 Å². The number of carboxylic acids is 1. The quantitative estimate of drug-likeness (QED) is 0.732. The van der Waals surface area contributed by atoms with Crippen LogP contribution in [0.3, 0.4) is 0 Å². The number of hydrogen-bond acceptors (Lipinski definition) is 3. The van der Waals surface area contributed by atoms with E-state index in [1.165, 1.54) is 12.5 Å². The summed E-state index contributed by atoms with van der Waals surface area (Å²) < 4.78 is 0. The number of nitrogens with zero attached hydrogens (tertiary/aromatic N) is 1. The van der Waals surface area contributed by atoms with Gasteiger partial charge >= 0.3 is 5.97 Å². The van der Waals surface area contributed by atoms with Gasteiger partial charge < -0.3 is 15.4 Å². The second-order valence-electron chi connectivity index (χ2n) is 2.54. The SMILES string of the molecule is C=CN[C@@H](Cc1cnc[nH]1)C(=O)O.Cl.Cl. The van der Waals surface area contributed by atoms with Crippen molar-refractivity contribution < 1.29 is 9.90 Å². The molecule has 1 aromatic heterocycles. The summed E-state index contributed by atoms with van der Waals surface area (Å²) in [6.45, 7) is 3.41. The van der Waals surface area contributed by atoms with Crippen LogP contribution in [0.25, 0.3) is 0 Å². The van der Waals surface area contributed by atoms with Crippen molar-refractivity contribution in [3.05, 3.63) is 31.0 Å². The van der Waals surface area contributed by atoms with E-state index < -0.39 is 12.0 Å². The number of imidazole rings is 1. The summed E-state index contributed by atoms with van der Waals surface area (Å²) >= 11 is 0. The third kappa shape index (κ3) is 5.29. The van der Waals surface area contributed by atoms with Crippen molar-refractivity contribution in [1.29, 1.82) is 0 Å². The van der Waals surface area contributed by atoms with Gasteiger partial charge in [-0.15, -0.1) is 24.8 Å². The Balaban J connectivity index is 0. The standard InChI is InChI=1S/C8H11N3O2.2ClH/c1-2-10-7(8(12)13)3-6-4-9-5-11-6;;/h2,4-5,7,10H,1,3H2,(H,9,11)(H,12,13);2*1H/t7-;;/m0../s1. The molecule has 0 saturated heterocycles. The normalized spacial score (nSPS) is 10.4. The van der Waals surface area contributed by atoms with Crippen molar-refractivity contribution in [1.82, 2.24) is 15.3 Å². The summed E-state index contributed by atoms with van der Waals surface area (Å²) in [7, 11) is 0. The molecule has 3 N–H and O–H groups in total. The minimum atomic E-state index is -0.908. The van der Waals surface area contributed by atoms with E-state index in [-0.39, 0.29) is 24.8 Å². The Kier molecular flexibility index (Phi) is 8.81. The van der Waals surface area contributed by atoms with Crippen LogP contribution in [0.1, 0.15) is 5.69 Å². The van der Waals surface area contributed by atoms with Crippen LogP contribution in [-0.2, 0) is 11.2 Å². The van der Waals surface area contributed by atoms with Crippen molar-refractivity contribution >= 4 is 30.8 Å². The molecule has 0 aromatic carbocycles. The molecule has 0 radical (unpaired) electrons. The lowest BCUT2D eigenvalue weighted by Crippen LogP contribution is -2.35. The molecule has 1 rings (SSSR count). The number of aliphatic carboxylic acids is 1. The van der Waals surface area contributed by atoms with Gasteiger partial charge in [0.15, 0.2) is 0 Å². The molecule has 7 heteroatoms. The molecule has 0 saturated carbocycles. The highest BCUT2D eigenvalue weighted by Crippen LogP contribution is 1.98. The molecule has 0 amide bonds. The summed E-state index contributed by atoms with van der Waals surface area (Å²) in [4.78, 5) is 17.3. The van der Waals surface area contributed by atoms with E-state index >= 15 is 0 Å². The molecule has 1 heterocycles. The lowest BCUT2D eigenvalue weighted by atomic mass is 10.2. The van der Waals surface area contributed by atoms with Gasteiger partial charge in [-0.05, 0) is 6.20 Å². The average molecular weight is 254 g/mol. The Morgan fingerprint density at radius 1 is 1.73 bits per heavy atom. The predicted molar refractivity (Wildman–Crippen MR) is 61.5 cm³/mol. The van der Waals surface area contributed by atoms with Crippen molar-refractivity contribution in [2.75, 3.05) is 0 Å². The summed E-state index contributed by atoms with van der Waals surface area (Å²) in [6, 6.07) is -0.655. The maximum absolute atomic E-state index is 10.7. The first-order chi connectivity index (χ1) is 6.24. The lowest BCUT2D eigenvalue weighted by Gasteiger charge is -2.10. The number of rotatable bonds is 5. The molecule has 0 aliphatic carbocycles. The van der Waals surface area contributed by atoms with Crippen LogP contribution >= 0.6 is 24.8 Å². The third-order valence-corrected chi connectivity index (χ3v) is 1.60. The number of hydrogen-bond donors (Lipinski definition) is 3. The van der Waals surface area contributed by atoms with Gasteiger partial charge in [-0.1, -0.05) is 6.58 Å². The third-order valence-electron chi connectivity index (χ3n) is 1.60. The first-order valence-electron chi connectivity index (χ1n) is 3.81. The second-order valence-corrected chi connectivity index (χ2v) is 2.54. The fraction of sp³-hybridized carbons (Fsp3) is 0.250. The number of aromatic nitrogens is 2. The maximum atomic E-state index is 10.7. The highest BCUT2D eigenvalue weighted by molar-refractivity contribution is 5.85. The van der Waals surface area contributed by atoms with Crippen LogP contribution in [-0.4, -0.2) is 27.1 Å². The lowest BCUT2D eigenvalue weighted by molar-refractivity contribution is -0.139. The summed E-state index contributed by atoms with van der Waals surface area (Å²) in [5.74, 6) is -0.908. The maximum Gasteiger partial charge on any atom is 0.326 e. The van der Waals surface area contributed by atoms with Gasteiger partial charge in [0.25, 0.3) is 0 Å². The summed E-state index contributed by atoms with van der Waals surface area (Å²) in [5.41, 5.74) is 0.779. The van der Waals surface area contributed by atoms with Crippen molar-refractivity contribution in [3.8, 4) is 0 Å². The Morgan fingerprint density at radius 2 is 2.40 bits per heavy atom. The first kappa shape index (κ1) is 16.2. The Morgan fingerprint density at radius 3 is 2.80 bits per heavy atom. The zero-order valence-corrected chi connectivity index (χ0v) is 9.48. The molecule has 86 valence electrons. The zero-order valence-electron chi connectivity index (χ0n) is 7.84. The van der Waals surface area contributed by atoms with Crippen molar-refractivity contribution in [3.63, 3.8) is 0 Å². The second kappa shape index (κ2) is 8.14. The molecular formula is C8H13Cl2N3O2. The molecule has 0 unspecified atom stereocenters. The highest BCUT2D eigenvalue weighted by Gasteiger charge is 2.16. The van der Waals surface area contributed by atoms with E-state index in [1.54, 1.807) is 6.20 Å². The Bertz CT molecular complexity index is 290. The molecule has 0 aliphatic heterocycles. The minimum absolute atomic E-state index is 0. The molecular weight excluding hydrogens is 241 g/mol. The van der Waals surface area contributed by atoms with E-state index in [0.29, 0.717) is 6.42 Å². The summed E-state index contributed by atoms with van der Waals surface area (Å²) in [6.07, 6.45) is 4.85. The van der Waals surface area contributed by atoms with Crippen LogP contribution in [0.5, 0.6) is 0 Å². The fourth-order valence-corrected chi connectivity index (χ4v) is 0.976. The average Bonchev–Trinajstić information content (AvgIpc) is 2.56. The molecule has 0 spiro atoms. The smallest absolute Gasteiger partial charge is 0.326 e. The number of carbonyl (C=O) groups is 1. The van der Waals surface area contributed by atoms with Gasteiger partial charge in [-0.25, -0.2) is 9.78 Å². The molecule has 0 fully saturated rings. The van der Waals surface area contributed by atoms with Gasteiger partial charge in [0.1, 0.15) is 6.04 Å². The number of nitrogens with one attached hydrogen (secondary N) is 2. The van der Waals surface area contributed by atoms with Gasteiger partial charge in [0, 0.05) is 18.3 Å². The molecule has 15 heavy (non-hydrogen) atoms. The summed E-state index contributed by atoms with van der Waals surface area (Å²) in [5, 5.41) is 11.4. The Labute approximate surface area is 99.8 Å². The first-order valence-corrected chi connectivity index (χ1v) is 3.81. The number of aromatic amines is 1. The van der Waals surface area contributed by atoms with Crippen molar-refractivity contribution in [2.45, 2.75) is 12.5 Å². The Hall–Kier alpha value is -1.20. The van der Waals surface area contributed by atoms with E-state index in [9.17, 15) is 4.79 Å². The largest absolute Gasteiger partial charge is 0.480 e. The molecule has 1 aromatic rings. The topological polar surface area (TPSA) is 78.0 Å². The monoisotopic (exact) mass is 253 g/mol. The van der Waals surface area contributed by atoms with Gasteiger partial charge in [0.2, 0.25) is 0 Å². The zero-order chi connectivity index (χ0) is 9.68. The number of H-pyrrole nitrogens is 1. The van der Waals surface area contributed by atoms with E-state index in [4.69, 9.17) is 5.11 Å². The highest BCUT2D eigenvalue weighted by atomic mass is 35.5. The molecule has 0 aliphatic rings. The van der Waals surface area contributed by atoms with Crippen molar-refractivity contribution in [2.24, 2.45) is 0 Å². The van der Waals surface area contributed by atoms with Gasteiger partial charge in [0.05, 0.1) is 6.33 Å². The van der Waals surface area contributed by atoms with Gasteiger partial charge in [-0.2, -0.15) is 0 Å². The number of carboxylic acid groups (broad SMARTS) is 1. The molecule has 1 atom stereocenters. The van der Waals surface area contributed by atoms with Crippen LogP contribution < -0.4 is 5.32 Å². The van der Waals surface area contributed by atoms with E-state index in [0.717, 1.165) is 5.69 Å². The van der Waals surface area contributed by atoms with E-state index in [2.05, 4.69) is 21.9 Å². The van der Waals surface area contributed by atoms with Crippen LogP contribution in [0, 0.1) is 0 Å².